The van der Waals surface area contributed by atoms with Gasteiger partial charge < -0.3 is 5.11 Å². The molecule has 0 saturated heterocycles. The van der Waals surface area contributed by atoms with Crippen molar-refractivity contribution >= 4 is 34.5 Å². The van der Waals surface area contributed by atoms with Crippen molar-refractivity contribution in [3.05, 3.63) is 27.9 Å². The maximum Gasteiger partial charge on any atom is 0.336 e. The summed E-state index contributed by atoms with van der Waals surface area (Å²) in [6.45, 7) is 3.38. The number of halogens is 1. The highest BCUT2D eigenvalue weighted by atomic mass is 35.5. The van der Waals surface area contributed by atoms with E-state index in [-0.39, 0.29) is 5.57 Å². The Kier molecular flexibility index (Phi) is 2.31. The predicted molar refractivity (Wildman–Crippen MR) is 46.0 cm³/mol. The molecular formula is C7H5ClO2S. The first kappa shape index (κ1) is 8.30. The Morgan fingerprint density at radius 3 is 2.73 bits per heavy atom. The average Bonchev–Trinajstić information content (AvgIpc) is 2.33. The molecule has 1 N–H and O–H groups in total. The van der Waals surface area contributed by atoms with Crippen LogP contribution < -0.4 is 0 Å². The molecule has 1 rings (SSSR count). The molecule has 0 aliphatic rings. The summed E-state index contributed by atoms with van der Waals surface area (Å²) >= 11 is 6.94. The third-order valence-corrected chi connectivity index (χ3v) is 2.55. The lowest BCUT2D eigenvalue weighted by Crippen LogP contribution is -1.95. The van der Waals surface area contributed by atoms with Gasteiger partial charge in [-0.25, -0.2) is 4.79 Å². The van der Waals surface area contributed by atoms with Gasteiger partial charge in [-0.3, -0.25) is 0 Å². The van der Waals surface area contributed by atoms with E-state index in [1.165, 1.54) is 11.3 Å². The van der Waals surface area contributed by atoms with E-state index < -0.39 is 5.97 Å². The highest BCUT2D eigenvalue weighted by Gasteiger charge is 2.11. The largest absolute Gasteiger partial charge is 0.478 e. The molecule has 0 aliphatic heterocycles. The van der Waals surface area contributed by atoms with E-state index in [1.807, 2.05) is 0 Å². The zero-order chi connectivity index (χ0) is 8.43. The molecule has 0 aromatic carbocycles. The SMILES string of the molecule is C=C(C(=O)O)c1sccc1Cl. The van der Waals surface area contributed by atoms with Gasteiger partial charge in [0.25, 0.3) is 0 Å². The van der Waals surface area contributed by atoms with Crippen LogP contribution in [-0.2, 0) is 4.79 Å². The topological polar surface area (TPSA) is 37.3 Å². The molecule has 4 heteroatoms. The maximum atomic E-state index is 10.4. The van der Waals surface area contributed by atoms with Gasteiger partial charge in [0.1, 0.15) is 0 Å². The molecule has 0 bridgehead atoms. The fourth-order valence-corrected chi connectivity index (χ4v) is 1.74. The minimum Gasteiger partial charge on any atom is -0.478 e. The van der Waals surface area contributed by atoms with E-state index in [0.717, 1.165) is 0 Å². The van der Waals surface area contributed by atoms with E-state index in [0.29, 0.717) is 9.90 Å². The van der Waals surface area contributed by atoms with Gasteiger partial charge in [-0.2, -0.15) is 0 Å². The number of carboxylic acids is 1. The van der Waals surface area contributed by atoms with Crippen LogP contribution >= 0.6 is 22.9 Å². The number of carboxylic acid groups (broad SMARTS) is 1. The number of aliphatic carboxylic acids is 1. The van der Waals surface area contributed by atoms with Crippen molar-refractivity contribution in [1.29, 1.82) is 0 Å². The molecule has 0 fully saturated rings. The van der Waals surface area contributed by atoms with E-state index in [4.69, 9.17) is 16.7 Å². The van der Waals surface area contributed by atoms with E-state index in [1.54, 1.807) is 11.4 Å². The van der Waals surface area contributed by atoms with Gasteiger partial charge >= 0.3 is 5.97 Å². The predicted octanol–water partition coefficient (Wildman–Crippen LogP) is 2.50. The second-order valence-electron chi connectivity index (χ2n) is 1.88. The molecule has 0 radical (unpaired) electrons. The van der Waals surface area contributed by atoms with Gasteiger partial charge in [0.15, 0.2) is 0 Å². The van der Waals surface area contributed by atoms with E-state index in [9.17, 15) is 4.79 Å². The third-order valence-electron chi connectivity index (χ3n) is 1.15. The quantitative estimate of drug-likeness (QED) is 0.725. The second kappa shape index (κ2) is 3.07. The molecule has 0 unspecified atom stereocenters. The van der Waals surface area contributed by atoms with Crippen LogP contribution in [0.3, 0.4) is 0 Å². The molecule has 11 heavy (non-hydrogen) atoms. The lowest BCUT2D eigenvalue weighted by atomic mass is 10.2. The number of hydrogen-bond acceptors (Lipinski definition) is 2. The van der Waals surface area contributed by atoms with Crippen molar-refractivity contribution in [2.75, 3.05) is 0 Å². The number of carbonyl (C=O) groups is 1. The molecule has 1 heterocycles. The maximum absolute atomic E-state index is 10.4. The van der Waals surface area contributed by atoms with Crippen molar-refractivity contribution in [3.8, 4) is 0 Å². The Balaban J connectivity index is 3.02. The van der Waals surface area contributed by atoms with Crippen LogP contribution in [0.2, 0.25) is 5.02 Å². The Morgan fingerprint density at radius 1 is 1.73 bits per heavy atom. The molecule has 0 aliphatic carbocycles. The highest BCUT2D eigenvalue weighted by molar-refractivity contribution is 7.12. The highest BCUT2D eigenvalue weighted by Crippen LogP contribution is 2.28. The van der Waals surface area contributed by atoms with Crippen LogP contribution in [-0.4, -0.2) is 11.1 Å². The fraction of sp³-hybridized carbons (Fsp3) is 0. The van der Waals surface area contributed by atoms with Crippen molar-refractivity contribution in [2.24, 2.45) is 0 Å². The standard InChI is InChI=1S/C7H5ClO2S/c1-4(7(9)10)6-5(8)2-3-11-6/h2-3H,1H2,(H,9,10). The Labute approximate surface area is 72.7 Å². The summed E-state index contributed by atoms with van der Waals surface area (Å²) in [4.78, 5) is 10.9. The van der Waals surface area contributed by atoms with Gasteiger partial charge in [0.2, 0.25) is 0 Å². The van der Waals surface area contributed by atoms with Crippen LogP contribution in [0, 0.1) is 0 Å². The van der Waals surface area contributed by atoms with Crippen molar-refractivity contribution in [1.82, 2.24) is 0 Å². The first-order valence-corrected chi connectivity index (χ1v) is 4.04. The minimum atomic E-state index is -1.03. The normalized spacial score (nSPS) is 9.55. The van der Waals surface area contributed by atoms with Gasteiger partial charge in [0, 0.05) is 0 Å². The lowest BCUT2D eigenvalue weighted by molar-refractivity contribution is -0.130. The summed E-state index contributed by atoms with van der Waals surface area (Å²) in [5, 5.41) is 10.7. The molecule has 0 spiro atoms. The summed E-state index contributed by atoms with van der Waals surface area (Å²) in [5.74, 6) is -1.03. The minimum absolute atomic E-state index is 0.0463. The van der Waals surface area contributed by atoms with E-state index in [2.05, 4.69) is 6.58 Å². The van der Waals surface area contributed by atoms with Gasteiger partial charge in [-0.05, 0) is 11.4 Å². The summed E-state index contributed by atoms with van der Waals surface area (Å²) in [5.41, 5.74) is 0.0463. The Hall–Kier alpha value is -0.800. The van der Waals surface area contributed by atoms with Gasteiger partial charge in [0.05, 0.1) is 15.5 Å². The number of rotatable bonds is 2. The first-order chi connectivity index (χ1) is 5.13. The summed E-state index contributed by atoms with van der Waals surface area (Å²) in [7, 11) is 0. The Bertz CT molecular complexity index is 303. The van der Waals surface area contributed by atoms with Crippen LogP contribution in [0.15, 0.2) is 18.0 Å². The smallest absolute Gasteiger partial charge is 0.336 e. The number of hydrogen-bond donors (Lipinski definition) is 1. The molecular weight excluding hydrogens is 184 g/mol. The van der Waals surface area contributed by atoms with Crippen molar-refractivity contribution in [3.63, 3.8) is 0 Å². The molecule has 1 aromatic rings. The molecule has 58 valence electrons. The van der Waals surface area contributed by atoms with Crippen molar-refractivity contribution < 1.29 is 9.90 Å². The lowest BCUT2D eigenvalue weighted by Gasteiger charge is -1.94. The molecule has 0 saturated carbocycles. The van der Waals surface area contributed by atoms with Crippen LogP contribution in [0.5, 0.6) is 0 Å². The van der Waals surface area contributed by atoms with Gasteiger partial charge in [-0.15, -0.1) is 11.3 Å². The zero-order valence-corrected chi connectivity index (χ0v) is 7.08. The summed E-state index contributed by atoms with van der Waals surface area (Å²) in [6, 6.07) is 1.65. The summed E-state index contributed by atoms with van der Waals surface area (Å²) < 4.78 is 0. The molecule has 0 amide bonds. The van der Waals surface area contributed by atoms with Crippen LogP contribution in [0.25, 0.3) is 5.57 Å². The molecule has 2 nitrogen and oxygen atoms in total. The second-order valence-corrected chi connectivity index (χ2v) is 3.20. The van der Waals surface area contributed by atoms with Crippen LogP contribution in [0.4, 0.5) is 0 Å². The van der Waals surface area contributed by atoms with Crippen LogP contribution in [0.1, 0.15) is 4.88 Å². The number of thiophene rings is 1. The van der Waals surface area contributed by atoms with Crippen molar-refractivity contribution in [2.45, 2.75) is 0 Å². The Morgan fingerprint density at radius 2 is 2.36 bits per heavy atom. The molecule has 0 atom stereocenters. The third kappa shape index (κ3) is 1.61. The average molecular weight is 189 g/mol. The first-order valence-electron chi connectivity index (χ1n) is 2.78. The fourth-order valence-electron chi connectivity index (χ4n) is 0.606. The monoisotopic (exact) mass is 188 g/mol. The zero-order valence-electron chi connectivity index (χ0n) is 5.50. The summed E-state index contributed by atoms with van der Waals surface area (Å²) in [6.07, 6.45) is 0. The van der Waals surface area contributed by atoms with E-state index >= 15 is 0 Å². The van der Waals surface area contributed by atoms with Gasteiger partial charge in [-0.1, -0.05) is 18.2 Å². The molecule has 1 aromatic heterocycles.